The van der Waals surface area contributed by atoms with E-state index in [4.69, 9.17) is 5.11 Å². The fourth-order valence-corrected chi connectivity index (χ4v) is 1.35. The van der Waals surface area contributed by atoms with Crippen molar-refractivity contribution in [2.75, 3.05) is 6.54 Å². The number of nitrogens with one attached hydrogen (secondary N) is 2. The van der Waals surface area contributed by atoms with Crippen molar-refractivity contribution >= 4 is 17.8 Å². The summed E-state index contributed by atoms with van der Waals surface area (Å²) in [6, 6.07) is 8.91. The van der Waals surface area contributed by atoms with Crippen molar-refractivity contribution in [3.05, 3.63) is 35.9 Å². The van der Waals surface area contributed by atoms with Gasteiger partial charge in [0.25, 0.3) is 0 Å². The fourth-order valence-electron chi connectivity index (χ4n) is 1.35. The highest BCUT2D eigenvalue weighted by Crippen LogP contribution is 1.96. The van der Waals surface area contributed by atoms with E-state index in [0.717, 1.165) is 5.56 Å². The van der Waals surface area contributed by atoms with Gasteiger partial charge in [-0.25, -0.2) is 4.79 Å². The summed E-state index contributed by atoms with van der Waals surface area (Å²) in [4.78, 5) is 32.8. The zero-order valence-electron chi connectivity index (χ0n) is 10.4. The Morgan fingerprint density at radius 1 is 1.00 bits per heavy atom. The molecule has 0 saturated carbocycles. The summed E-state index contributed by atoms with van der Waals surface area (Å²) in [6.07, 6.45) is -0.291. The molecule has 1 aromatic carbocycles. The number of carbonyl (C=O) groups excluding carboxylic acids is 2. The molecule has 1 aromatic rings. The molecule has 0 spiro atoms. The second kappa shape index (κ2) is 7.86. The molecule has 3 N–H and O–H groups in total. The van der Waals surface area contributed by atoms with Gasteiger partial charge in [0.2, 0.25) is 0 Å². The first kappa shape index (κ1) is 14.7. The zero-order valence-corrected chi connectivity index (χ0v) is 10.4. The molecule has 0 saturated heterocycles. The highest BCUT2D eigenvalue weighted by atomic mass is 16.4. The summed E-state index contributed by atoms with van der Waals surface area (Å²) < 4.78 is 0. The molecule has 0 aliphatic heterocycles. The SMILES string of the molecule is O=C(O)CCC(=O)CNC(=O)NCc1ccccc1. The van der Waals surface area contributed by atoms with Gasteiger partial charge in [0.1, 0.15) is 0 Å². The largest absolute Gasteiger partial charge is 0.481 e. The highest BCUT2D eigenvalue weighted by Gasteiger charge is 2.07. The Hall–Kier alpha value is -2.37. The van der Waals surface area contributed by atoms with E-state index in [0.29, 0.717) is 6.54 Å². The van der Waals surface area contributed by atoms with Crippen LogP contribution in [0.1, 0.15) is 18.4 Å². The summed E-state index contributed by atoms with van der Waals surface area (Å²) in [5, 5.41) is 13.4. The lowest BCUT2D eigenvalue weighted by molar-refractivity contribution is -0.138. The summed E-state index contributed by atoms with van der Waals surface area (Å²) in [5.41, 5.74) is 0.954. The third-order valence-corrected chi connectivity index (χ3v) is 2.36. The Kier molecular flexibility index (Phi) is 6.08. The maximum absolute atomic E-state index is 11.4. The molecule has 0 unspecified atom stereocenters. The van der Waals surface area contributed by atoms with E-state index in [9.17, 15) is 14.4 Å². The van der Waals surface area contributed by atoms with Crippen LogP contribution in [0.25, 0.3) is 0 Å². The Morgan fingerprint density at radius 3 is 2.32 bits per heavy atom. The second-order valence-electron chi connectivity index (χ2n) is 3.95. The zero-order chi connectivity index (χ0) is 14.1. The number of Topliss-reactive ketones (excluding diaryl/α,β-unsaturated/α-hetero) is 1. The van der Waals surface area contributed by atoms with Crippen molar-refractivity contribution in [2.24, 2.45) is 0 Å². The second-order valence-corrected chi connectivity index (χ2v) is 3.95. The van der Waals surface area contributed by atoms with Crippen LogP contribution in [0.5, 0.6) is 0 Å². The van der Waals surface area contributed by atoms with Crippen LogP contribution in [0.2, 0.25) is 0 Å². The minimum absolute atomic E-state index is 0.0751. The fraction of sp³-hybridized carbons (Fsp3) is 0.308. The summed E-state index contributed by atoms with van der Waals surface area (Å²) in [6.45, 7) is 0.212. The number of amides is 2. The van der Waals surface area contributed by atoms with E-state index < -0.39 is 12.0 Å². The molecule has 0 fully saturated rings. The topological polar surface area (TPSA) is 95.5 Å². The molecule has 0 aliphatic rings. The number of ketones is 1. The first-order chi connectivity index (χ1) is 9.08. The van der Waals surface area contributed by atoms with Crippen LogP contribution in [0.3, 0.4) is 0 Å². The predicted molar refractivity (Wildman–Crippen MR) is 68.6 cm³/mol. The van der Waals surface area contributed by atoms with Gasteiger partial charge < -0.3 is 15.7 Å². The monoisotopic (exact) mass is 264 g/mol. The van der Waals surface area contributed by atoms with Crippen molar-refractivity contribution in [1.29, 1.82) is 0 Å². The number of carboxylic acids is 1. The average molecular weight is 264 g/mol. The van der Waals surface area contributed by atoms with Crippen molar-refractivity contribution in [3.63, 3.8) is 0 Å². The van der Waals surface area contributed by atoms with Crippen LogP contribution in [0.4, 0.5) is 4.79 Å². The molecular formula is C13H16N2O4. The van der Waals surface area contributed by atoms with Crippen molar-refractivity contribution in [3.8, 4) is 0 Å². The lowest BCUT2D eigenvalue weighted by Crippen LogP contribution is -2.38. The number of urea groups is 1. The summed E-state index contributed by atoms with van der Waals surface area (Å²) in [7, 11) is 0. The number of rotatable bonds is 7. The van der Waals surface area contributed by atoms with Crippen LogP contribution in [0, 0.1) is 0 Å². The molecule has 6 nitrogen and oxygen atoms in total. The van der Waals surface area contributed by atoms with Gasteiger partial charge in [-0.1, -0.05) is 30.3 Å². The van der Waals surface area contributed by atoms with E-state index in [2.05, 4.69) is 10.6 Å². The Labute approximate surface area is 110 Å². The number of benzene rings is 1. The maximum Gasteiger partial charge on any atom is 0.315 e. The minimum Gasteiger partial charge on any atom is -0.481 e. The van der Waals surface area contributed by atoms with E-state index in [1.54, 1.807) is 0 Å². The van der Waals surface area contributed by atoms with Crippen LogP contribution in [-0.2, 0) is 16.1 Å². The number of carbonyl (C=O) groups is 3. The standard InChI is InChI=1S/C13H16N2O4/c16-11(6-7-12(17)18)9-15-13(19)14-8-10-4-2-1-3-5-10/h1-5H,6-9H2,(H,17,18)(H2,14,15,19). The number of hydrogen-bond acceptors (Lipinski definition) is 3. The quantitative estimate of drug-likeness (QED) is 0.682. The Morgan fingerprint density at radius 2 is 1.68 bits per heavy atom. The van der Waals surface area contributed by atoms with Gasteiger partial charge >= 0.3 is 12.0 Å². The number of hydrogen-bond donors (Lipinski definition) is 3. The molecule has 6 heteroatoms. The van der Waals surface area contributed by atoms with Gasteiger partial charge in [0, 0.05) is 13.0 Å². The van der Waals surface area contributed by atoms with Crippen molar-refractivity contribution in [2.45, 2.75) is 19.4 Å². The third kappa shape index (κ3) is 6.82. The van der Waals surface area contributed by atoms with E-state index in [1.807, 2.05) is 30.3 Å². The molecule has 2 amide bonds. The molecule has 0 aromatic heterocycles. The predicted octanol–water partition coefficient (Wildman–Crippen LogP) is 0.920. The van der Waals surface area contributed by atoms with Crippen LogP contribution in [-0.4, -0.2) is 29.4 Å². The Balaban J connectivity index is 2.17. The molecule has 0 radical (unpaired) electrons. The van der Waals surface area contributed by atoms with Gasteiger partial charge in [0.15, 0.2) is 5.78 Å². The average Bonchev–Trinajstić information content (AvgIpc) is 2.41. The molecule has 19 heavy (non-hydrogen) atoms. The molecule has 0 atom stereocenters. The lowest BCUT2D eigenvalue weighted by atomic mass is 10.2. The van der Waals surface area contributed by atoms with Crippen LogP contribution < -0.4 is 10.6 Å². The first-order valence-corrected chi connectivity index (χ1v) is 5.87. The van der Waals surface area contributed by atoms with E-state index >= 15 is 0 Å². The lowest BCUT2D eigenvalue weighted by Gasteiger charge is -2.06. The summed E-state index contributed by atoms with van der Waals surface area (Å²) >= 11 is 0. The van der Waals surface area contributed by atoms with Gasteiger partial charge in [-0.3, -0.25) is 9.59 Å². The minimum atomic E-state index is -1.03. The molecule has 1 rings (SSSR count). The normalized spacial score (nSPS) is 9.68. The smallest absolute Gasteiger partial charge is 0.315 e. The first-order valence-electron chi connectivity index (χ1n) is 5.87. The molecule has 0 heterocycles. The van der Waals surface area contributed by atoms with Crippen LogP contribution in [0.15, 0.2) is 30.3 Å². The maximum atomic E-state index is 11.4. The summed E-state index contributed by atoms with van der Waals surface area (Å²) in [5.74, 6) is -1.33. The molecular weight excluding hydrogens is 248 g/mol. The highest BCUT2D eigenvalue weighted by molar-refractivity contribution is 5.87. The van der Waals surface area contributed by atoms with Gasteiger partial charge in [-0.2, -0.15) is 0 Å². The van der Waals surface area contributed by atoms with Crippen molar-refractivity contribution < 1.29 is 19.5 Å². The van der Waals surface area contributed by atoms with Gasteiger partial charge in [0.05, 0.1) is 13.0 Å². The Bertz CT molecular complexity index is 445. The van der Waals surface area contributed by atoms with E-state index in [-0.39, 0.29) is 25.2 Å². The van der Waals surface area contributed by atoms with Gasteiger partial charge in [-0.05, 0) is 5.56 Å². The van der Waals surface area contributed by atoms with Crippen molar-refractivity contribution in [1.82, 2.24) is 10.6 Å². The number of aliphatic carboxylic acids is 1. The molecule has 102 valence electrons. The molecule has 0 aliphatic carbocycles. The third-order valence-electron chi connectivity index (χ3n) is 2.36. The van der Waals surface area contributed by atoms with E-state index in [1.165, 1.54) is 0 Å². The number of carboxylic acid groups (broad SMARTS) is 1. The van der Waals surface area contributed by atoms with Crippen LogP contribution >= 0.6 is 0 Å². The molecule has 0 bridgehead atoms. The van der Waals surface area contributed by atoms with Gasteiger partial charge in [-0.15, -0.1) is 0 Å².